The van der Waals surface area contributed by atoms with E-state index in [-0.39, 0.29) is 0 Å². The van der Waals surface area contributed by atoms with Gasteiger partial charge < -0.3 is 0 Å². The second-order valence-corrected chi connectivity index (χ2v) is 6.29. The Morgan fingerprint density at radius 3 is 2.96 bits per heavy atom. The van der Waals surface area contributed by atoms with Crippen molar-refractivity contribution in [1.29, 1.82) is 0 Å². The lowest BCUT2D eigenvalue weighted by molar-refractivity contribution is 0.829. The molecule has 0 aliphatic carbocycles. The van der Waals surface area contributed by atoms with Crippen LogP contribution >= 0.6 is 0 Å². The van der Waals surface area contributed by atoms with Gasteiger partial charge in [-0.05, 0) is 30.2 Å². The van der Waals surface area contributed by atoms with Gasteiger partial charge in [-0.25, -0.2) is 4.98 Å². The van der Waals surface area contributed by atoms with E-state index in [0.29, 0.717) is 12.2 Å². The fraction of sp³-hybridized carbons (Fsp3) is 0.158. The number of nitrogens with zero attached hydrogens (tertiary/aromatic N) is 7. The standard InChI is InChI=1S/C19H16N8/c1-2-15-14(10-22-23-15)17-11-21-19-25-24-18(27(19)26-17)9-12-5-6-16-13(8-12)4-3-7-20-16/h3-8,10-11H,2,9H2,1H3,(H,22,23). The molecule has 0 saturated heterocycles. The fourth-order valence-electron chi connectivity index (χ4n) is 3.19. The minimum atomic E-state index is 0.484. The number of pyridine rings is 1. The van der Waals surface area contributed by atoms with E-state index in [1.807, 2.05) is 12.1 Å². The lowest BCUT2D eigenvalue weighted by atomic mass is 10.1. The van der Waals surface area contributed by atoms with Crippen molar-refractivity contribution in [1.82, 2.24) is 40.0 Å². The van der Waals surface area contributed by atoms with Crippen LogP contribution in [0.5, 0.6) is 0 Å². The minimum Gasteiger partial charge on any atom is -0.282 e. The zero-order chi connectivity index (χ0) is 18.2. The highest BCUT2D eigenvalue weighted by Gasteiger charge is 2.13. The first kappa shape index (κ1) is 15.6. The van der Waals surface area contributed by atoms with Gasteiger partial charge in [0.1, 0.15) is 5.69 Å². The molecular weight excluding hydrogens is 340 g/mol. The second kappa shape index (κ2) is 6.24. The van der Waals surface area contributed by atoms with E-state index >= 15 is 0 Å². The summed E-state index contributed by atoms with van der Waals surface area (Å²) < 4.78 is 1.70. The number of aromatic nitrogens is 8. The zero-order valence-corrected chi connectivity index (χ0v) is 14.7. The lowest BCUT2D eigenvalue weighted by Gasteiger charge is -2.04. The Balaban J connectivity index is 1.55. The number of aromatic amines is 1. The maximum atomic E-state index is 4.70. The maximum absolute atomic E-state index is 4.70. The molecule has 27 heavy (non-hydrogen) atoms. The van der Waals surface area contributed by atoms with Crippen molar-refractivity contribution < 1.29 is 0 Å². The molecule has 0 aliphatic rings. The molecule has 0 bridgehead atoms. The van der Waals surface area contributed by atoms with Crippen molar-refractivity contribution in [3.8, 4) is 11.3 Å². The Hall–Kier alpha value is -3.68. The van der Waals surface area contributed by atoms with Crippen LogP contribution in [-0.4, -0.2) is 40.0 Å². The highest BCUT2D eigenvalue weighted by molar-refractivity contribution is 5.79. The number of aryl methyl sites for hydroxylation is 1. The molecule has 1 aromatic carbocycles. The molecule has 5 rings (SSSR count). The van der Waals surface area contributed by atoms with Crippen molar-refractivity contribution >= 4 is 16.7 Å². The number of hydrogen-bond donors (Lipinski definition) is 1. The topological polar surface area (TPSA) is 97.5 Å². The first-order chi connectivity index (χ1) is 13.3. The van der Waals surface area contributed by atoms with Gasteiger partial charge in [0.2, 0.25) is 0 Å². The molecule has 1 N–H and O–H groups in total. The molecule has 0 aliphatic heterocycles. The molecular formula is C19H16N8. The summed E-state index contributed by atoms with van der Waals surface area (Å²) in [5, 5.41) is 21.4. The molecule has 5 aromatic rings. The summed E-state index contributed by atoms with van der Waals surface area (Å²) >= 11 is 0. The first-order valence-corrected chi connectivity index (χ1v) is 8.75. The summed E-state index contributed by atoms with van der Waals surface area (Å²) in [6.07, 6.45) is 6.73. The van der Waals surface area contributed by atoms with Crippen LogP contribution in [0, 0.1) is 0 Å². The Morgan fingerprint density at radius 2 is 2.04 bits per heavy atom. The molecule has 4 heterocycles. The van der Waals surface area contributed by atoms with E-state index in [2.05, 4.69) is 55.5 Å². The van der Waals surface area contributed by atoms with Crippen LogP contribution in [0.15, 0.2) is 48.9 Å². The highest BCUT2D eigenvalue weighted by Crippen LogP contribution is 2.20. The molecule has 8 heteroatoms. The highest BCUT2D eigenvalue weighted by atomic mass is 15.4. The minimum absolute atomic E-state index is 0.484. The van der Waals surface area contributed by atoms with E-state index < -0.39 is 0 Å². The van der Waals surface area contributed by atoms with E-state index in [0.717, 1.165) is 45.7 Å². The van der Waals surface area contributed by atoms with Crippen molar-refractivity contribution in [2.45, 2.75) is 19.8 Å². The van der Waals surface area contributed by atoms with E-state index in [4.69, 9.17) is 5.10 Å². The number of hydrogen-bond acceptors (Lipinski definition) is 6. The van der Waals surface area contributed by atoms with Crippen molar-refractivity contribution in [3.63, 3.8) is 0 Å². The Morgan fingerprint density at radius 1 is 1.07 bits per heavy atom. The SMILES string of the molecule is CCc1[nH]ncc1-c1cnc2nnc(Cc3ccc4ncccc4c3)n2n1. The number of fused-ring (bicyclic) bond motifs is 2. The van der Waals surface area contributed by atoms with Crippen LogP contribution in [-0.2, 0) is 12.8 Å². The summed E-state index contributed by atoms with van der Waals surface area (Å²) in [4.78, 5) is 8.76. The molecule has 132 valence electrons. The van der Waals surface area contributed by atoms with E-state index in [1.54, 1.807) is 23.1 Å². The molecule has 8 nitrogen and oxygen atoms in total. The molecule has 0 spiro atoms. The number of H-pyrrole nitrogens is 1. The molecule has 0 fully saturated rings. The first-order valence-electron chi connectivity index (χ1n) is 8.75. The lowest BCUT2D eigenvalue weighted by Crippen LogP contribution is -2.03. The van der Waals surface area contributed by atoms with Gasteiger partial charge in [-0.1, -0.05) is 19.1 Å². The smallest absolute Gasteiger partial charge is 0.271 e. The summed E-state index contributed by atoms with van der Waals surface area (Å²) in [5.41, 5.74) is 4.82. The Kier molecular flexibility index (Phi) is 3.60. The molecule has 0 saturated carbocycles. The van der Waals surface area contributed by atoms with Crippen molar-refractivity contribution in [2.75, 3.05) is 0 Å². The van der Waals surface area contributed by atoms with E-state index in [9.17, 15) is 0 Å². The molecule has 4 aromatic heterocycles. The Labute approximate surface area is 154 Å². The molecule has 0 amide bonds. The van der Waals surface area contributed by atoms with Gasteiger partial charge in [-0.15, -0.1) is 10.2 Å². The van der Waals surface area contributed by atoms with Gasteiger partial charge in [0.15, 0.2) is 5.82 Å². The predicted octanol–water partition coefficient (Wildman–Crippen LogP) is 2.61. The average molecular weight is 356 g/mol. The number of nitrogens with one attached hydrogen (secondary N) is 1. The molecule has 0 unspecified atom stereocenters. The van der Waals surface area contributed by atoms with Gasteiger partial charge in [0.05, 0.1) is 17.9 Å². The van der Waals surface area contributed by atoms with Crippen LogP contribution < -0.4 is 0 Å². The number of rotatable bonds is 4. The summed E-state index contributed by atoms with van der Waals surface area (Å²) in [6.45, 7) is 2.07. The van der Waals surface area contributed by atoms with Gasteiger partial charge >= 0.3 is 0 Å². The monoisotopic (exact) mass is 356 g/mol. The molecule has 0 radical (unpaired) electrons. The van der Waals surface area contributed by atoms with E-state index in [1.165, 1.54) is 0 Å². The van der Waals surface area contributed by atoms with Crippen LogP contribution in [0.1, 0.15) is 24.0 Å². The number of benzene rings is 1. The Bertz CT molecular complexity index is 1250. The maximum Gasteiger partial charge on any atom is 0.271 e. The summed E-state index contributed by atoms with van der Waals surface area (Å²) in [7, 11) is 0. The third kappa shape index (κ3) is 2.71. The zero-order valence-electron chi connectivity index (χ0n) is 14.7. The van der Waals surface area contributed by atoms with Crippen molar-refractivity contribution in [2.24, 2.45) is 0 Å². The third-order valence-corrected chi connectivity index (χ3v) is 4.58. The second-order valence-electron chi connectivity index (χ2n) is 6.29. The normalized spacial score (nSPS) is 11.4. The quantitative estimate of drug-likeness (QED) is 0.531. The average Bonchev–Trinajstić information content (AvgIpc) is 3.34. The third-order valence-electron chi connectivity index (χ3n) is 4.58. The van der Waals surface area contributed by atoms with Crippen molar-refractivity contribution in [3.05, 3.63) is 66.0 Å². The fourth-order valence-corrected chi connectivity index (χ4v) is 3.19. The van der Waals surface area contributed by atoms with Crippen LogP contribution in [0.3, 0.4) is 0 Å². The van der Waals surface area contributed by atoms with Gasteiger partial charge in [0, 0.05) is 29.3 Å². The van der Waals surface area contributed by atoms with Gasteiger partial charge in [-0.2, -0.15) is 14.7 Å². The largest absolute Gasteiger partial charge is 0.282 e. The van der Waals surface area contributed by atoms with Gasteiger partial charge in [-0.3, -0.25) is 10.1 Å². The van der Waals surface area contributed by atoms with Gasteiger partial charge in [0.25, 0.3) is 5.78 Å². The molecule has 0 atom stereocenters. The summed E-state index contributed by atoms with van der Waals surface area (Å²) in [5.74, 6) is 1.22. The predicted molar refractivity (Wildman–Crippen MR) is 100 cm³/mol. The summed E-state index contributed by atoms with van der Waals surface area (Å²) in [6, 6.07) is 10.2. The van der Waals surface area contributed by atoms with Crippen LogP contribution in [0.2, 0.25) is 0 Å². The van der Waals surface area contributed by atoms with Crippen LogP contribution in [0.4, 0.5) is 0 Å². The van der Waals surface area contributed by atoms with Crippen LogP contribution in [0.25, 0.3) is 27.9 Å².